The van der Waals surface area contributed by atoms with Crippen molar-refractivity contribution in [2.75, 3.05) is 0 Å². The highest BCUT2D eigenvalue weighted by Crippen LogP contribution is 2.09. The van der Waals surface area contributed by atoms with E-state index in [0.717, 1.165) is 18.5 Å². The van der Waals surface area contributed by atoms with Gasteiger partial charge in [-0.3, -0.25) is 9.78 Å². The number of Topliss-reactive ketones (excluding diaryl/α,β-unsaturated/α-hetero) is 1. The molecule has 0 fully saturated rings. The summed E-state index contributed by atoms with van der Waals surface area (Å²) >= 11 is 0. The summed E-state index contributed by atoms with van der Waals surface area (Å²) in [7, 11) is 0. The number of ketones is 1. The molecule has 0 aromatic carbocycles. The van der Waals surface area contributed by atoms with Gasteiger partial charge in [0, 0.05) is 24.2 Å². The molecule has 2 nitrogen and oxygen atoms in total. The third-order valence-electron chi connectivity index (χ3n) is 2.35. The molecule has 1 unspecified atom stereocenters. The Kier molecular flexibility index (Phi) is 4.30. The first-order valence-electron chi connectivity index (χ1n) is 5.16. The van der Waals surface area contributed by atoms with Crippen LogP contribution in [0.5, 0.6) is 0 Å². The number of carbonyl (C=O) groups is 1. The number of aromatic nitrogens is 1. The lowest BCUT2D eigenvalue weighted by Crippen LogP contribution is -2.14. The summed E-state index contributed by atoms with van der Waals surface area (Å²) in [6.45, 7) is 4.10. The van der Waals surface area contributed by atoms with E-state index in [4.69, 9.17) is 0 Å². The summed E-state index contributed by atoms with van der Waals surface area (Å²) in [6.07, 6.45) is 4.25. The number of nitrogens with zero attached hydrogens (tertiary/aromatic N) is 1. The van der Waals surface area contributed by atoms with Crippen molar-refractivity contribution in [2.45, 2.75) is 33.1 Å². The molecule has 1 aromatic rings. The second-order valence-corrected chi connectivity index (χ2v) is 3.65. The Hall–Kier alpha value is -1.18. The van der Waals surface area contributed by atoms with Gasteiger partial charge in [-0.15, -0.1) is 0 Å². The van der Waals surface area contributed by atoms with Gasteiger partial charge in [0.2, 0.25) is 0 Å². The minimum absolute atomic E-state index is 0.169. The van der Waals surface area contributed by atoms with Crippen molar-refractivity contribution in [1.29, 1.82) is 0 Å². The Morgan fingerprint density at radius 1 is 1.50 bits per heavy atom. The predicted octanol–water partition coefficient (Wildman–Crippen LogP) is 2.63. The molecule has 0 radical (unpaired) electrons. The van der Waals surface area contributed by atoms with Gasteiger partial charge in [-0.1, -0.05) is 26.3 Å². The molecule has 0 aliphatic carbocycles. The highest BCUT2D eigenvalue weighted by molar-refractivity contribution is 5.82. The molecule has 0 bridgehead atoms. The molecule has 1 atom stereocenters. The largest absolute Gasteiger partial charge is 0.299 e. The zero-order valence-corrected chi connectivity index (χ0v) is 8.86. The molecule has 1 aromatic heterocycles. The summed E-state index contributed by atoms with van der Waals surface area (Å²) in [5.41, 5.74) is 0.875. The first kappa shape index (κ1) is 10.9. The first-order valence-corrected chi connectivity index (χ1v) is 5.16. The van der Waals surface area contributed by atoms with Gasteiger partial charge in [0.05, 0.1) is 0 Å². The smallest absolute Gasteiger partial charge is 0.141 e. The number of carbonyl (C=O) groups excluding carboxylic acids is 1. The monoisotopic (exact) mass is 191 g/mol. The van der Waals surface area contributed by atoms with E-state index in [9.17, 15) is 4.79 Å². The van der Waals surface area contributed by atoms with E-state index < -0.39 is 0 Å². The molecule has 0 aliphatic heterocycles. The fourth-order valence-corrected chi connectivity index (χ4v) is 1.45. The molecule has 14 heavy (non-hydrogen) atoms. The average Bonchev–Trinajstić information content (AvgIpc) is 2.19. The normalized spacial score (nSPS) is 12.4. The Morgan fingerprint density at radius 2 is 2.29 bits per heavy atom. The van der Waals surface area contributed by atoms with E-state index in [1.807, 2.05) is 25.1 Å². The standard InChI is InChI=1S/C12H17NO/c1-3-6-10(2)12(14)9-11-7-4-5-8-13-11/h4-5,7-8,10H,3,6,9H2,1-2H3. The second kappa shape index (κ2) is 5.53. The zero-order valence-electron chi connectivity index (χ0n) is 8.86. The molecular weight excluding hydrogens is 174 g/mol. The lowest BCUT2D eigenvalue weighted by molar-refractivity contribution is -0.121. The van der Waals surface area contributed by atoms with Gasteiger partial charge in [-0.25, -0.2) is 0 Å². The zero-order chi connectivity index (χ0) is 10.4. The van der Waals surface area contributed by atoms with Crippen LogP contribution >= 0.6 is 0 Å². The van der Waals surface area contributed by atoms with Crippen molar-refractivity contribution in [2.24, 2.45) is 5.92 Å². The summed E-state index contributed by atoms with van der Waals surface area (Å²) in [5, 5.41) is 0. The maximum atomic E-state index is 11.7. The van der Waals surface area contributed by atoms with Gasteiger partial charge in [-0.2, -0.15) is 0 Å². The van der Waals surface area contributed by atoms with Crippen molar-refractivity contribution in [3.63, 3.8) is 0 Å². The Balaban J connectivity index is 2.49. The van der Waals surface area contributed by atoms with Gasteiger partial charge in [0.15, 0.2) is 0 Å². The van der Waals surface area contributed by atoms with E-state index >= 15 is 0 Å². The van der Waals surface area contributed by atoms with Crippen LogP contribution in [0.2, 0.25) is 0 Å². The van der Waals surface area contributed by atoms with Crippen molar-refractivity contribution in [3.8, 4) is 0 Å². The van der Waals surface area contributed by atoms with E-state index in [0.29, 0.717) is 12.2 Å². The summed E-state index contributed by atoms with van der Waals surface area (Å²) < 4.78 is 0. The highest BCUT2D eigenvalue weighted by Gasteiger charge is 2.12. The summed E-state index contributed by atoms with van der Waals surface area (Å²) in [5.74, 6) is 0.465. The van der Waals surface area contributed by atoms with Crippen LogP contribution in [0.4, 0.5) is 0 Å². The van der Waals surface area contributed by atoms with Crippen LogP contribution < -0.4 is 0 Å². The second-order valence-electron chi connectivity index (χ2n) is 3.65. The lowest BCUT2D eigenvalue weighted by Gasteiger charge is -2.07. The molecular formula is C12H17NO. The Morgan fingerprint density at radius 3 is 2.86 bits per heavy atom. The molecule has 2 heteroatoms. The lowest BCUT2D eigenvalue weighted by atomic mass is 9.97. The van der Waals surface area contributed by atoms with Crippen LogP contribution in [0.3, 0.4) is 0 Å². The average molecular weight is 191 g/mol. The number of pyridine rings is 1. The fourth-order valence-electron chi connectivity index (χ4n) is 1.45. The topological polar surface area (TPSA) is 30.0 Å². The van der Waals surface area contributed by atoms with E-state index in [-0.39, 0.29) is 5.92 Å². The maximum Gasteiger partial charge on any atom is 0.141 e. The molecule has 0 amide bonds. The maximum absolute atomic E-state index is 11.7. The minimum atomic E-state index is 0.169. The minimum Gasteiger partial charge on any atom is -0.299 e. The van der Waals surface area contributed by atoms with Crippen molar-refractivity contribution in [1.82, 2.24) is 4.98 Å². The Bertz CT molecular complexity index is 282. The van der Waals surface area contributed by atoms with Gasteiger partial charge in [0.1, 0.15) is 5.78 Å². The highest BCUT2D eigenvalue weighted by atomic mass is 16.1. The predicted molar refractivity (Wildman–Crippen MR) is 57.0 cm³/mol. The number of hydrogen-bond acceptors (Lipinski definition) is 2. The molecule has 0 saturated carbocycles. The van der Waals surface area contributed by atoms with Gasteiger partial charge >= 0.3 is 0 Å². The molecule has 0 aliphatic rings. The summed E-state index contributed by atoms with van der Waals surface area (Å²) in [6, 6.07) is 5.68. The number of rotatable bonds is 5. The van der Waals surface area contributed by atoms with Crippen LogP contribution in [-0.2, 0) is 11.2 Å². The molecule has 1 rings (SSSR count). The van der Waals surface area contributed by atoms with Crippen LogP contribution in [0, 0.1) is 5.92 Å². The van der Waals surface area contributed by atoms with E-state index in [1.165, 1.54) is 0 Å². The molecule has 0 saturated heterocycles. The molecule has 1 heterocycles. The quantitative estimate of drug-likeness (QED) is 0.716. The number of hydrogen-bond donors (Lipinski definition) is 0. The van der Waals surface area contributed by atoms with Crippen LogP contribution in [-0.4, -0.2) is 10.8 Å². The first-order chi connectivity index (χ1) is 6.74. The van der Waals surface area contributed by atoms with Crippen molar-refractivity contribution < 1.29 is 4.79 Å². The SMILES string of the molecule is CCCC(C)C(=O)Cc1ccccn1. The van der Waals surface area contributed by atoms with E-state index in [2.05, 4.69) is 11.9 Å². The fraction of sp³-hybridized carbons (Fsp3) is 0.500. The van der Waals surface area contributed by atoms with Crippen molar-refractivity contribution in [3.05, 3.63) is 30.1 Å². The van der Waals surface area contributed by atoms with Gasteiger partial charge in [-0.05, 0) is 18.6 Å². The van der Waals surface area contributed by atoms with Crippen LogP contribution in [0.15, 0.2) is 24.4 Å². The van der Waals surface area contributed by atoms with Gasteiger partial charge < -0.3 is 0 Å². The van der Waals surface area contributed by atoms with Crippen molar-refractivity contribution >= 4 is 5.78 Å². The summed E-state index contributed by atoms with van der Waals surface area (Å²) in [4.78, 5) is 15.8. The third kappa shape index (κ3) is 3.29. The molecule has 0 N–H and O–H groups in total. The van der Waals surface area contributed by atoms with E-state index in [1.54, 1.807) is 6.20 Å². The van der Waals surface area contributed by atoms with Crippen LogP contribution in [0.25, 0.3) is 0 Å². The molecule has 0 spiro atoms. The van der Waals surface area contributed by atoms with Gasteiger partial charge in [0.25, 0.3) is 0 Å². The van der Waals surface area contributed by atoms with Crippen LogP contribution in [0.1, 0.15) is 32.4 Å². The third-order valence-corrected chi connectivity index (χ3v) is 2.35. The Labute approximate surface area is 85.4 Å². The molecule has 76 valence electrons.